The molecule has 8 heteroatoms. The molecule has 1 aliphatic rings. The number of rotatable bonds is 3. The monoisotopic (exact) mass is 364 g/mol. The zero-order valence-electron chi connectivity index (χ0n) is 14.9. The molecule has 0 atom stereocenters. The van der Waals surface area contributed by atoms with E-state index in [-0.39, 0.29) is 11.1 Å². The van der Waals surface area contributed by atoms with E-state index in [0.717, 1.165) is 11.9 Å². The van der Waals surface area contributed by atoms with Gasteiger partial charge in [-0.25, -0.2) is 9.37 Å². The Labute approximate surface area is 158 Å². The molecular formula is C19H18BFN4O2. The summed E-state index contributed by atoms with van der Waals surface area (Å²) in [5.74, 6) is -0.319. The van der Waals surface area contributed by atoms with Gasteiger partial charge in [0.15, 0.2) is 0 Å². The van der Waals surface area contributed by atoms with Crippen LogP contribution >= 0.6 is 0 Å². The third-order valence-corrected chi connectivity index (χ3v) is 4.12. The number of piperazine rings is 1. The fourth-order valence-electron chi connectivity index (χ4n) is 2.73. The summed E-state index contributed by atoms with van der Waals surface area (Å²) in [4.78, 5) is 31.2. The second-order valence-electron chi connectivity index (χ2n) is 5.65. The maximum atomic E-state index is 13.9. The molecule has 1 saturated heterocycles. The number of carbonyl (C=O) groups excluding carboxylic acids is 2. The molecule has 1 aromatic heterocycles. The third-order valence-electron chi connectivity index (χ3n) is 4.12. The highest BCUT2D eigenvalue weighted by molar-refractivity contribution is 6.05. The molecule has 6 nitrogen and oxygen atoms in total. The SMILES string of the molecule is N#Cc1ccc(N2CCN(C(=O)c3cc(C=O)ccc3F)CC2)nc1.[B]C. The maximum absolute atomic E-state index is 13.9. The van der Waals surface area contributed by atoms with Crippen LogP contribution in [-0.2, 0) is 0 Å². The number of amides is 1. The molecule has 0 N–H and O–H groups in total. The van der Waals surface area contributed by atoms with Gasteiger partial charge in [-0.1, -0.05) is 6.82 Å². The number of carbonyl (C=O) groups is 2. The molecule has 27 heavy (non-hydrogen) atoms. The molecule has 1 amide bonds. The number of aromatic nitrogens is 1. The van der Waals surface area contributed by atoms with E-state index < -0.39 is 11.7 Å². The van der Waals surface area contributed by atoms with E-state index in [1.54, 1.807) is 17.0 Å². The summed E-state index contributed by atoms with van der Waals surface area (Å²) in [7, 11) is 4.50. The van der Waals surface area contributed by atoms with Gasteiger partial charge >= 0.3 is 0 Å². The van der Waals surface area contributed by atoms with E-state index >= 15 is 0 Å². The minimum atomic E-state index is -0.633. The van der Waals surface area contributed by atoms with Crippen LogP contribution in [0.1, 0.15) is 26.3 Å². The van der Waals surface area contributed by atoms with Gasteiger partial charge in [0.2, 0.25) is 0 Å². The first-order valence-electron chi connectivity index (χ1n) is 8.35. The second kappa shape index (κ2) is 9.48. The number of benzene rings is 1. The fraction of sp³-hybridized carbons (Fsp3) is 0.263. The summed E-state index contributed by atoms with van der Waals surface area (Å²) in [6, 6.07) is 9.23. The van der Waals surface area contributed by atoms with Gasteiger partial charge in [-0.3, -0.25) is 9.59 Å². The Morgan fingerprint density at radius 3 is 2.48 bits per heavy atom. The second-order valence-corrected chi connectivity index (χ2v) is 5.65. The van der Waals surface area contributed by atoms with Crippen LogP contribution in [0.2, 0.25) is 6.82 Å². The first kappa shape index (κ1) is 20.1. The minimum Gasteiger partial charge on any atom is -0.353 e. The van der Waals surface area contributed by atoms with Crippen LogP contribution in [0.15, 0.2) is 36.5 Å². The average Bonchev–Trinajstić information content (AvgIpc) is 2.75. The first-order valence-corrected chi connectivity index (χ1v) is 8.35. The van der Waals surface area contributed by atoms with Crippen LogP contribution in [0.25, 0.3) is 0 Å². The van der Waals surface area contributed by atoms with Crippen molar-refractivity contribution in [3.05, 3.63) is 59.0 Å². The number of pyridine rings is 1. The molecule has 2 aromatic rings. The Morgan fingerprint density at radius 1 is 1.22 bits per heavy atom. The lowest BCUT2D eigenvalue weighted by Crippen LogP contribution is -2.49. The molecule has 1 fully saturated rings. The van der Waals surface area contributed by atoms with E-state index in [9.17, 15) is 14.0 Å². The lowest BCUT2D eigenvalue weighted by molar-refractivity contribution is 0.0742. The van der Waals surface area contributed by atoms with Gasteiger partial charge in [0.05, 0.1) is 19.0 Å². The van der Waals surface area contributed by atoms with Crippen LogP contribution < -0.4 is 4.90 Å². The molecule has 0 unspecified atom stereocenters. The largest absolute Gasteiger partial charge is 0.353 e. The summed E-state index contributed by atoms with van der Waals surface area (Å²) in [5, 5.41) is 8.80. The molecule has 2 radical (unpaired) electrons. The molecule has 0 spiro atoms. The van der Waals surface area contributed by atoms with Gasteiger partial charge in [-0.2, -0.15) is 5.26 Å². The smallest absolute Gasteiger partial charge is 0.256 e. The molecule has 2 heterocycles. The highest BCUT2D eigenvalue weighted by Crippen LogP contribution is 2.17. The van der Waals surface area contributed by atoms with Crippen molar-refractivity contribution in [2.45, 2.75) is 6.82 Å². The molecule has 0 saturated carbocycles. The minimum absolute atomic E-state index is 0.0884. The highest BCUT2D eigenvalue weighted by Gasteiger charge is 2.24. The number of aldehydes is 1. The quantitative estimate of drug-likeness (QED) is 0.616. The zero-order valence-corrected chi connectivity index (χ0v) is 14.9. The summed E-state index contributed by atoms with van der Waals surface area (Å²) >= 11 is 0. The Kier molecular flexibility index (Phi) is 7.06. The first-order chi connectivity index (χ1) is 13.1. The maximum Gasteiger partial charge on any atom is 0.256 e. The molecule has 136 valence electrons. The molecule has 1 aromatic carbocycles. The van der Waals surface area contributed by atoms with Gasteiger partial charge in [0.1, 0.15) is 24.0 Å². The number of hydrogen-bond acceptors (Lipinski definition) is 5. The van der Waals surface area contributed by atoms with E-state index in [1.807, 2.05) is 11.0 Å². The lowest BCUT2D eigenvalue weighted by Gasteiger charge is -2.35. The molecular weight excluding hydrogens is 346 g/mol. The summed E-state index contributed by atoms with van der Waals surface area (Å²) in [6.07, 6.45) is 2.10. The van der Waals surface area contributed by atoms with Crippen molar-refractivity contribution in [3.63, 3.8) is 0 Å². The van der Waals surface area contributed by atoms with Crippen molar-refractivity contribution in [1.82, 2.24) is 9.88 Å². The van der Waals surface area contributed by atoms with Gasteiger partial charge < -0.3 is 9.80 Å². The predicted octanol–water partition coefficient (Wildman–Crippen LogP) is 2.07. The zero-order chi connectivity index (χ0) is 19.8. The van der Waals surface area contributed by atoms with Gasteiger partial charge in [-0.15, -0.1) is 0 Å². The summed E-state index contributed by atoms with van der Waals surface area (Å²) in [5.41, 5.74) is 0.669. The van der Waals surface area contributed by atoms with Crippen molar-refractivity contribution in [2.24, 2.45) is 0 Å². The number of anilines is 1. The number of hydrogen-bond donors (Lipinski definition) is 0. The molecule has 0 bridgehead atoms. The summed E-state index contributed by atoms with van der Waals surface area (Å²) in [6.45, 7) is 3.45. The van der Waals surface area contributed by atoms with Gasteiger partial charge in [0.25, 0.3) is 5.91 Å². The van der Waals surface area contributed by atoms with E-state index in [4.69, 9.17) is 5.26 Å². The predicted molar refractivity (Wildman–Crippen MR) is 100 cm³/mol. The van der Waals surface area contributed by atoms with Crippen LogP contribution in [0.5, 0.6) is 0 Å². The van der Waals surface area contributed by atoms with Crippen LogP contribution in [0.3, 0.4) is 0 Å². The Morgan fingerprint density at radius 2 is 1.93 bits per heavy atom. The Bertz CT molecular complexity index is 844. The Balaban J connectivity index is 0.00000126. The van der Waals surface area contributed by atoms with Gasteiger partial charge in [0, 0.05) is 37.9 Å². The van der Waals surface area contributed by atoms with E-state index in [1.165, 1.54) is 25.2 Å². The number of nitriles is 1. The lowest BCUT2D eigenvalue weighted by atomic mass is 10.1. The molecule has 1 aliphatic heterocycles. The number of halogens is 1. The highest BCUT2D eigenvalue weighted by atomic mass is 19.1. The van der Waals surface area contributed by atoms with Gasteiger partial charge in [-0.05, 0) is 30.3 Å². The average molecular weight is 364 g/mol. The molecule has 3 rings (SSSR count). The van der Waals surface area contributed by atoms with Crippen molar-refractivity contribution in [1.29, 1.82) is 5.26 Å². The molecule has 0 aliphatic carbocycles. The van der Waals surface area contributed by atoms with E-state index in [0.29, 0.717) is 38.0 Å². The fourth-order valence-corrected chi connectivity index (χ4v) is 2.73. The number of nitrogens with zero attached hydrogens (tertiary/aromatic N) is 4. The third kappa shape index (κ3) is 4.70. The standard InChI is InChI=1S/C18H15FN4O2.CH3B/c19-16-3-1-13(12-24)9-15(16)18(25)23-7-5-22(6-8-23)17-4-2-14(10-20)11-21-17;1-2/h1-4,9,11-12H,5-8H2;1H3. The summed E-state index contributed by atoms with van der Waals surface area (Å²) < 4.78 is 13.9. The van der Waals surface area contributed by atoms with E-state index in [2.05, 4.69) is 12.8 Å². The van der Waals surface area contributed by atoms with Crippen molar-refractivity contribution in [2.75, 3.05) is 31.1 Å². The van der Waals surface area contributed by atoms with Crippen molar-refractivity contribution < 1.29 is 14.0 Å². The topological polar surface area (TPSA) is 77.3 Å². The van der Waals surface area contributed by atoms with Crippen molar-refractivity contribution >= 4 is 25.9 Å². The normalized spacial score (nSPS) is 13.2. The van der Waals surface area contributed by atoms with Crippen LogP contribution in [0.4, 0.5) is 10.2 Å². The van der Waals surface area contributed by atoms with Crippen LogP contribution in [-0.4, -0.2) is 56.1 Å². The Hall–Kier alpha value is -3.21. The van der Waals surface area contributed by atoms with Crippen molar-refractivity contribution in [3.8, 4) is 6.07 Å². The van der Waals surface area contributed by atoms with Crippen LogP contribution in [0, 0.1) is 17.1 Å².